The molecule has 1 fully saturated rings. The number of aromatic nitrogens is 3. The smallest absolute Gasteiger partial charge is 0.306 e. The summed E-state index contributed by atoms with van der Waals surface area (Å²) in [7, 11) is 0. The first-order valence-corrected chi connectivity index (χ1v) is 6.47. The van der Waals surface area contributed by atoms with E-state index in [1.807, 2.05) is 0 Å². The van der Waals surface area contributed by atoms with Crippen molar-refractivity contribution in [2.24, 2.45) is 5.92 Å². The summed E-state index contributed by atoms with van der Waals surface area (Å²) in [6.45, 7) is 0. The van der Waals surface area contributed by atoms with E-state index in [1.165, 1.54) is 10.7 Å². The van der Waals surface area contributed by atoms with Gasteiger partial charge in [-0.25, -0.2) is 9.50 Å². The molecule has 7 heteroatoms. The number of fused-ring (bicyclic) bond motifs is 1. The molecule has 1 saturated carbocycles. The third kappa shape index (κ3) is 2.22. The predicted octanol–water partition coefficient (Wildman–Crippen LogP) is 0.712. The summed E-state index contributed by atoms with van der Waals surface area (Å²) in [5.41, 5.74) is 0.905. The van der Waals surface area contributed by atoms with Crippen molar-refractivity contribution in [1.29, 1.82) is 0 Å². The normalized spacial score (nSPS) is 22.0. The van der Waals surface area contributed by atoms with E-state index < -0.39 is 5.97 Å². The Hall–Kier alpha value is -2.44. The van der Waals surface area contributed by atoms with Crippen molar-refractivity contribution in [3.05, 3.63) is 30.2 Å². The van der Waals surface area contributed by atoms with Gasteiger partial charge < -0.3 is 10.4 Å². The molecular formula is C13H14N4O3. The number of rotatable bonds is 3. The van der Waals surface area contributed by atoms with Crippen molar-refractivity contribution in [2.45, 2.75) is 25.3 Å². The highest BCUT2D eigenvalue weighted by atomic mass is 16.4. The molecule has 2 N–H and O–H groups in total. The fraction of sp³-hybridized carbons (Fsp3) is 0.385. The van der Waals surface area contributed by atoms with Gasteiger partial charge in [0.15, 0.2) is 5.65 Å². The van der Waals surface area contributed by atoms with Gasteiger partial charge in [-0.1, -0.05) is 0 Å². The molecule has 2 heterocycles. The van der Waals surface area contributed by atoms with Crippen LogP contribution in [0.1, 0.15) is 29.6 Å². The third-order valence-corrected chi connectivity index (χ3v) is 3.64. The van der Waals surface area contributed by atoms with Crippen molar-refractivity contribution < 1.29 is 14.7 Å². The van der Waals surface area contributed by atoms with Gasteiger partial charge in [-0.05, 0) is 25.3 Å². The quantitative estimate of drug-likeness (QED) is 0.859. The predicted molar refractivity (Wildman–Crippen MR) is 69.2 cm³/mol. The van der Waals surface area contributed by atoms with Crippen LogP contribution in [0.2, 0.25) is 0 Å². The number of hydrogen-bond donors (Lipinski definition) is 2. The average Bonchev–Trinajstić information content (AvgIpc) is 3.04. The van der Waals surface area contributed by atoms with E-state index in [0.717, 1.165) is 0 Å². The topological polar surface area (TPSA) is 96.6 Å². The third-order valence-electron chi connectivity index (χ3n) is 3.64. The van der Waals surface area contributed by atoms with E-state index in [4.69, 9.17) is 5.11 Å². The van der Waals surface area contributed by atoms with Crippen LogP contribution in [-0.2, 0) is 4.79 Å². The second-order valence-electron chi connectivity index (χ2n) is 4.96. The summed E-state index contributed by atoms with van der Waals surface area (Å²) in [6, 6.07) is 1.64. The Bertz CT molecular complexity index is 666. The van der Waals surface area contributed by atoms with Crippen LogP contribution in [0, 0.1) is 5.92 Å². The van der Waals surface area contributed by atoms with E-state index >= 15 is 0 Å². The zero-order chi connectivity index (χ0) is 14.1. The Morgan fingerprint density at radius 1 is 1.40 bits per heavy atom. The molecule has 104 valence electrons. The fourth-order valence-corrected chi connectivity index (χ4v) is 2.59. The van der Waals surface area contributed by atoms with Gasteiger partial charge in [-0.15, -0.1) is 0 Å². The first-order chi connectivity index (χ1) is 9.65. The molecule has 2 aromatic rings. The van der Waals surface area contributed by atoms with Crippen LogP contribution in [0.25, 0.3) is 5.65 Å². The van der Waals surface area contributed by atoms with Gasteiger partial charge in [0.25, 0.3) is 5.91 Å². The van der Waals surface area contributed by atoms with Crippen LogP contribution >= 0.6 is 0 Å². The second kappa shape index (κ2) is 4.92. The largest absolute Gasteiger partial charge is 0.481 e. The fourth-order valence-electron chi connectivity index (χ4n) is 2.59. The second-order valence-corrected chi connectivity index (χ2v) is 4.96. The minimum Gasteiger partial charge on any atom is -0.481 e. The minimum atomic E-state index is -0.792. The van der Waals surface area contributed by atoms with Crippen molar-refractivity contribution in [3.8, 4) is 0 Å². The van der Waals surface area contributed by atoms with Gasteiger partial charge in [0, 0.05) is 18.4 Å². The molecule has 0 aliphatic heterocycles. The average molecular weight is 274 g/mol. The van der Waals surface area contributed by atoms with Crippen LogP contribution in [-0.4, -0.2) is 37.6 Å². The molecule has 0 spiro atoms. The van der Waals surface area contributed by atoms with E-state index in [2.05, 4.69) is 15.4 Å². The first-order valence-electron chi connectivity index (χ1n) is 6.47. The van der Waals surface area contributed by atoms with Crippen LogP contribution in [0.3, 0.4) is 0 Å². The number of aliphatic carboxylic acids is 1. The molecule has 7 nitrogen and oxygen atoms in total. The Morgan fingerprint density at radius 2 is 2.25 bits per heavy atom. The lowest BCUT2D eigenvalue weighted by atomic mass is 10.1. The number of carbonyl (C=O) groups excluding carboxylic acids is 1. The van der Waals surface area contributed by atoms with Crippen molar-refractivity contribution in [3.63, 3.8) is 0 Å². The van der Waals surface area contributed by atoms with Gasteiger partial charge >= 0.3 is 5.97 Å². The van der Waals surface area contributed by atoms with E-state index in [9.17, 15) is 9.59 Å². The molecule has 0 radical (unpaired) electrons. The molecule has 1 aliphatic rings. The van der Waals surface area contributed by atoms with E-state index in [0.29, 0.717) is 30.5 Å². The maximum Gasteiger partial charge on any atom is 0.306 e. The lowest BCUT2D eigenvalue weighted by Gasteiger charge is -2.11. The van der Waals surface area contributed by atoms with Crippen molar-refractivity contribution in [2.75, 3.05) is 0 Å². The number of carboxylic acids is 1. The van der Waals surface area contributed by atoms with Gasteiger partial charge in [-0.3, -0.25) is 9.59 Å². The lowest BCUT2D eigenvalue weighted by Crippen LogP contribution is -2.33. The lowest BCUT2D eigenvalue weighted by molar-refractivity contribution is -0.141. The van der Waals surface area contributed by atoms with Crippen molar-refractivity contribution >= 4 is 17.5 Å². The Morgan fingerprint density at radius 3 is 3.00 bits per heavy atom. The SMILES string of the molecule is O=C(N[C@H]1CC[C@@H](C(=O)O)C1)c1cnn2cccnc12. The molecule has 0 unspecified atom stereocenters. The highest BCUT2D eigenvalue weighted by molar-refractivity contribution is 5.99. The van der Waals surface area contributed by atoms with Gasteiger partial charge in [0.1, 0.15) is 5.56 Å². The minimum absolute atomic E-state index is 0.0951. The maximum atomic E-state index is 12.2. The molecule has 2 atom stereocenters. The zero-order valence-electron chi connectivity index (χ0n) is 10.7. The molecule has 0 aromatic carbocycles. The molecular weight excluding hydrogens is 260 g/mol. The monoisotopic (exact) mass is 274 g/mol. The zero-order valence-corrected chi connectivity index (χ0v) is 10.7. The molecule has 1 amide bonds. The Kier molecular flexibility index (Phi) is 3.09. The number of carbonyl (C=O) groups is 2. The maximum absolute atomic E-state index is 12.2. The van der Waals surface area contributed by atoms with Crippen molar-refractivity contribution in [1.82, 2.24) is 19.9 Å². The molecule has 20 heavy (non-hydrogen) atoms. The summed E-state index contributed by atoms with van der Waals surface area (Å²) in [4.78, 5) is 27.2. The molecule has 2 aromatic heterocycles. The van der Waals surface area contributed by atoms with E-state index in [-0.39, 0.29) is 17.9 Å². The molecule has 3 rings (SSSR count). The summed E-state index contributed by atoms with van der Waals surface area (Å²) >= 11 is 0. The Labute approximate surface area is 114 Å². The summed E-state index contributed by atoms with van der Waals surface area (Å²) < 4.78 is 1.53. The summed E-state index contributed by atoms with van der Waals surface area (Å²) in [5.74, 6) is -1.41. The molecule has 0 saturated heterocycles. The van der Waals surface area contributed by atoms with Crippen LogP contribution in [0.15, 0.2) is 24.7 Å². The standard InChI is InChI=1S/C13H14N4O3/c18-12(16-9-3-2-8(6-9)13(19)20)10-7-15-17-5-1-4-14-11(10)17/h1,4-5,7-9H,2-3,6H2,(H,16,18)(H,19,20)/t8-,9+/m1/s1. The number of amides is 1. The number of nitrogens with zero attached hydrogens (tertiary/aromatic N) is 3. The van der Waals surface area contributed by atoms with Crippen LogP contribution < -0.4 is 5.32 Å². The summed E-state index contributed by atoms with van der Waals surface area (Å²) in [5, 5.41) is 15.9. The number of nitrogens with one attached hydrogen (secondary N) is 1. The Balaban J connectivity index is 1.73. The van der Waals surface area contributed by atoms with Gasteiger partial charge in [0.05, 0.1) is 12.1 Å². The number of carboxylic acid groups (broad SMARTS) is 1. The van der Waals surface area contributed by atoms with Gasteiger partial charge in [-0.2, -0.15) is 5.10 Å². The van der Waals surface area contributed by atoms with Gasteiger partial charge in [0.2, 0.25) is 0 Å². The highest BCUT2D eigenvalue weighted by Gasteiger charge is 2.31. The highest BCUT2D eigenvalue weighted by Crippen LogP contribution is 2.26. The summed E-state index contributed by atoms with van der Waals surface area (Å²) in [6.07, 6.45) is 6.57. The molecule has 0 bridgehead atoms. The number of hydrogen-bond acceptors (Lipinski definition) is 4. The van der Waals surface area contributed by atoms with E-state index in [1.54, 1.807) is 18.5 Å². The molecule has 1 aliphatic carbocycles. The van der Waals surface area contributed by atoms with Crippen LogP contribution in [0.5, 0.6) is 0 Å². The first kappa shape index (κ1) is 12.6. The van der Waals surface area contributed by atoms with Crippen LogP contribution in [0.4, 0.5) is 0 Å².